The molecule has 2 aromatic rings. The van der Waals surface area contributed by atoms with Crippen LogP contribution in [0.2, 0.25) is 0 Å². The molecule has 1 N–H and O–H groups in total. The molecule has 7 nitrogen and oxygen atoms in total. The van der Waals surface area contributed by atoms with E-state index in [0.29, 0.717) is 23.6 Å². The van der Waals surface area contributed by atoms with Gasteiger partial charge in [-0.15, -0.1) is 0 Å². The van der Waals surface area contributed by atoms with Crippen molar-refractivity contribution in [1.29, 1.82) is 0 Å². The van der Waals surface area contributed by atoms with Crippen LogP contribution in [0.3, 0.4) is 0 Å². The minimum absolute atomic E-state index is 0.299. The summed E-state index contributed by atoms with van der Waals surface area (Å²) in [7, 11) is -2.03. The maximum Gasteiger partial charge on any atom is 0.241 e. The molecule has 0 fully saturated rings. The monoisotopic (exact) mass is 418 g/mol. The third-order valence-electron chi connectivity index (χ3n) is 4.75. The number of nitrogens with one attached hydrogen (secondary N) is 1. The largest absolute Gasteiger partial charge is 0.497 e. The number of nitrogens with zero attached hydrogens (tertiary/aromatic N) is 1. The summed E-state index contributed by atoms with van der Waals surface area (Å²) >= 11 is 0. The highest BCUT2D eigenvalue weighted by Gasteiger charge is 2.35. The first-order valence-electron chi connectivity index (χ1n) is 9.28. The lowest BCUT2D eigenvalue weighted by atomic mass is 9.89. The van der Waals surface area contributed by atoms with Gasteiger partial charge < -0.3 is 14.8 Å². The van der Waals surface area contributed by atoms with Crippen molar-refractivity contribution in [3.8, 4) is 11.5 Å². The molecule has 3 rings (SSSR count). The average molecular weight is 419 g/mol. The van der Waals surface area contributed by atoms with Crippen LogP contribution >= 0.6 is 0 Å². The Labute approximate surface area is 171 Å². The Morgan fingerprint density at radius 3 is 2.55 bits per heavy atom. The van der Waals surface area contributed by atoms with Gasteiger partial charge in [-0.3, -0.25) is 9.10 Å². The molecule has 0 spiro atoms. The van der Waals surface area contributed by atoms with Crippen molar-refractivity contribution in [2.24, 2.45) is 0 Å². The number of fused-ring (bicyclic) bond motifs is 1. The Morgan fingerprint density at radius 2 is 1.93 bits per heavy atom. The summed E-state index contributed by atoms with van der Waals surface area (Å²) in [4.78, 5) is 12.8. The molecule has 1 heterocycles. The van der Waals surface area contributed by atoms with E-state index < -0.39 is 15.6 Å². The van der Waals surface area contributed by atoms with E-state index in [4.69, 9.17) is 9.47 Å². The van der Waals surface area contributed by atoms with Gasteiger partial charge in [0.2, 0.25) is 15.9 Å². The minimum Gasteiger partial charge on any atom is -0.497 e. The smallest absolute Gasteiger partial charge is 0.241 e. The van der Waals surface area contributed by atoms with E-state index in [1.54, 1.807) is 43.5 Å². The van der Waals surface area contributed by atoms with Crippen molar-refractivity contribution in [3.05, 3.63) is 54.1 Å². The SMILES string of the molecule is COc1ccc2c(c1)OC(C)(C)C[C@H]2NC(=O)CN(c1ccccc1)S(C)(=O)=O. The van der Waals surface area contributed by atoms with Crippen LogP contribution in [0.5, 0.6) is 11.5 Å². The lowest BCUT2D eigenvalue weighted by molar-refractivity contribution is -0.120. The number of benzene rings is 2. The van der Waals surface area contributed by atoms with Crippen LogP contribution < -0.4 is 19.1 Å². The van der Waals surface area contributed by atoms with Crippen LogP contribution in [0.1, 0.15) is 31.9 Å². The summed E-state index contributed by atoms with van der Waals surface area (Å²) in [6.07, 6.45) is 1.65. The molecule has 1 aliphatic heterocycles. The Hall–Kier alpha value is -2.74. The van der Waals surface area contributed by atoms with Gasteiger partial charge in [0.05, 0.1) is 25.1 Å². The summed E-state index contributed by atoms with van der Waals surface area (Å²) in [5.74, 6) is 0.927. The average Bonchev–Trinajstić information content (AvgIpc) is 2.64. The number of rotatable bonds is 6. The highest BCUT2D eigenvalue weighted by molar-refractivity contribution is 7.92. The van der Waals surface area contributed by atoms with Crippen molar-refractivity contribution in [3.63, 3.8) is 0 Å². The van der Waals surface area contributed by atoms with Gasteiger partial charge in [-0.25, -0.2) is 8.42 Å². The predicted molar refractivity (Wildman–Crippen MR) is 112 cm³/mol. The lowest BCUT2D eigenvalue weighted by Gasteiger charge is -2.38. The zero-order chi connectivity index (χ0) is 21.2. The summed E-state index contributed by atoms with van der Waals surface area (Å²) < 4.78 is 36.9. The third-order valence-corrected chi connectivity index (χ3v) is 5.89. The summed E-state index contributed by atoms with van der Waals surface area (Å²) in [5.41, 5.74) is 0.791. The number of carbonyl (C=O) groups is 1. The van der Waals surface area contributed by atoms with E-state index in [1.807, 2.05) is 26.0 Å². The predicted octanol–water partition coefficient (Wildman–Crippen LogP) is 2.88. The molecular weight excluding hydrogens is 392 g/mol. The van der Waals surface area contributed by atoms with Crippen LogP contribution in [-0.4, -0.2) is 39.8 Å². The van der Waals surface area contributed by atoms with Crippen LogP contribution in [-0.2, 0) is 14.8 Å². The molecule has 8 heteroatoms. The van der Waals surface area contributed by atoms with E-state index >= 15 is 0 Å². The molecule has 1 amide bonds. The van der Waals surface area contributed by atoms with Gasteiger partial charge in [-0.2, -0.15) is 0 Å². The van der Waals surface area contributed by atoms with Crippen molar-refractivity contribution in [2.75, 3.05) is 24.2 Å². The summed E-state index contributed by atoms with van der Waals surface area (Å²) in [6, 6.07) is 13.7. The Kier molecular flexibility index (Phi) is 5.75. The molecule has 0 radical (unpaired) electrons. The fourth-order valence-electron chi connectivity index (χ4n) is 3.45. The van der Waals surface area contributed by atoms with Crippen LogP contribution in [0.15, 0.2) is 48.5 Å². The van der Waals surface area contributed by atoms with Crippen LogP contribution in [0.4, 0.5) is 5.69 Å². The van der Waals surface area contributed by atoms with Gasteiger partial charge in [-0.05, 0) is 38.1 Å². The highest BCUT2D eigenvalue weighted by Crippen LogP contribution is 2.41. The van der Waals surface area contributed by atoms with E-state index in [-0.39, 0.29) is 18.5 Å². The van der Waals surface area contributed by atoms with E-state index in [1.165, 1.54) is 0 Å². The van der Waals surface area contributed by atoms with Gasteiger partial charge in [0.15, 0.2) is 0 Å². The number of anilines is 1. The van der Waals surface area contributed by atoms with E-state index in [9.17, 15) is 13.2 Å². The third kappa shape index (κ3) is 5.00. The fourth-order valence-corrected chi connectivity index (χ4v) is 4.31. The quantitative estimate of drug-likeness (QED) is 0.780. The number of ether oxygens (including phenoxy) is 2. The summed E-state index contributed by atoms with van der Waals surface area (Å²) in [6.45, 7) is 3.59. The van der Waals surface area contributed by atoms with Gasteiger partial charge in [0, 0.05) is 18.1 Å². The zero-order valence-electron chi connectivity index (χ0n) is 17.0. The zero-order valence-corrected chi connectivity index (χ0v) is 17.8. The Balaban J connectivity index is 1.83. The number of hydrogen-bond donors (Lipinski definition) is 1. The highest BCUT2D eigenvalue weighted by atomic mass is 32.2. The molecule has 0 aliphatic carbocycles. The molecule has 1 atom stereocenters. The number of methoxy groups -OCH3 is 1. The number of hydrogen-bond acceptors (Lipinski definition) is 5. The molecule has 156 valence electrons. The number of sulfonamides is 1. The maximum atomic E-state index is 12.8. The first kappa shape index (κ1) is 21.0. The molecule has 0 aromatic heterocycles. The lowest BCUT2D eigenvalue weighted by Crippen LogP contribution is -2.45. The minimum atomic E-state index is -3.61. The van der Waals surface area contributed by atoms with E-state index in [0.717, 1.165) is 16.1 Å². The van der Waals surface area contributed by atoms with Gasteiger partial charge in [0.1, 0.15) is 23.6 Å². The second kappa shape index (κ2) is 7.94. The van der Waals surface area contributed by atoms with Crippen molar-refractivity contribution in [1.82, 2.24) is 5.32 Å². The standard InChI is InChI=1S/C21H26N2O5S/c1-21(2)13-18(17-11-10-16(27-3)12-19(17)28-21)22-20(24)14-23(29(4,25)26)15-8-6-5-7-9-15/h5-12,18H,13-14H2,1-4H3,(H,22,24)/t18-/m1/s1. The molecule has 29 heavy (non-hydrogen) atoms. The number of para-hydroxylation sites is 1. The summed E-state index contributed by atoms with van der Waals surface area (Å²) in [5, 5.41) is 2.97. The van der Waals surface area contributed by atoms with Crippen LogP contribution in [0.25, 0.3) is 0 Å². The molecule has 0 saturated carbocycles. The molecule has 2 aromatic carbocycles. The van der Waals surface area contributed by atoms with Crippen molar-refractivity contribution < 1.29 is 22.7 Å². The van der Waals surface area contributed by atoms with Crippen molar-refractivity contribution >= 4 is 21.6 Å². The second-order valence-electron chi connectivity index (χ2n) is 7.69. The first-order valence-corrected chi connectivity index (χ1v) is 11.1. The molecule has 1 aliphatic rings. The molecule has 0 unspecified atom stereocenters. The topological polar surface area (TPSA) is 84.9 Å². The van der Waals surface area contributed by atoms with Crippen LogP contribution in [0, 0.1) is 0 Å². The van der Waals surface area contributed by atoms with Gasteiger partial charge in [0.25, 0.3) is 0 Å². The molecule has 0 bridgehead atoms. The Bertz CT molecular complexity index is 989. The Morgan fingerprint density at radius 1 is 1.24 bits per heavy atom. The van der Waals surface area contributed by atoms with Gasteiger partial charge in [-0.1, -0.05) is 18.2 Å². The van der Waals surface area contributed by atoms with E-state index in [2.05, 4.69) is 5.32 Å². The van der Waals surface area contributed by atoms with Gasteiger partial charge >= 0.3 is 0 Å². The maximum absolute atomic E-state index is 12.8. The second-order valence-corrected chi connectivity index (χ2v) is 9.60. The molecular formula is C21H26N2O5S. The number of amides is 1. The van der Waals surface area contributed by atoms with Crippen molar-refractivity contribution in [2.45, 2.75) is 31.9 Å². The first-order chi connectivity index (χ1) is 13.6. The molecule has 0 saturated heterocycles. The fraction of sp³-hybridized carbons (Fsp3) is 0.381. The number of carbonyl (C=O) groups excluding carboxylic acids is 1. The normalized spacial score (nSPS) is 17.6.